The molecule has 1 heterocycles. The summed E-state index contributed by atoms with van der Waals surface area (Å²) in [6.45, 7) is 8.65. The van der Waals surface area contributed by atoms with Gasteiger partial charge in [-0.15, -0.1) is 0 Å². The summed E-state index contributed by atoms with van der Waals surface area (Å²) in [5.74, 6) is 0. The third kappa shape index (κ3) is 3.97. The van der Waals surface area contributed by atoms with E-state index in [1.54, 1.807) is 0 Å². The van der Waals surface area contributed by atoms with E-state index in [9.17, 15) is 0 Å². The van der Waals surface area contributed by atoms with Gasteiger partial charge >= 0.3 is 0 Å². The number of nitrogens with one attached hydrogen (secondary N) is 1. The number of nitrogens with zero attached hydrogens (tertiary/aromatic N) is 2. The zero-order chi connectivity index (χ0) is 11.8. The Bertz CT molecular complexity index is 280. The molecule has 16 heavy (non-hydrogen) atoms. The molecule has 0 spiro atoms. The summed E-state index contributed by atoms with van der Waals surface area (Å²) < 4.78 is 2.07. The fourth-order valence-electron chi connectivity index (χ4n) is 1.95. The van der Waals surface area contributed by atoms with Crippen LogP contribution in [0.3, 0.4) is 0 Å². The minimum atomic E-state index is 0.463. The SMILES string of the molecule is CCCCCn1cc(C(CC)NCC)cn1. The van der Waals surface area contributed by atoms with Crippen LogP contribution in [0.25, 0.3) is 0 Å². The zero-order valence-electron chi connectivity index (χ0n) is 10.9. The molecule has 0 aliphatic rings. The molecule has 1 unspecified atom stereocenters. The second-order valence-electron chi connectivity index (χ2n) is 4.26. The van der Waals surface area contributed by atoms with Crippen LogP contribution >= 0.6 is 0 Å². The van der Waals surface area contributed by atoms with Crippen LogP contribution in [0.4, 0.5) is 0 Å². The Hall–Kier alpha value is -0.830. The number of aromatic nitrogens is 2. The van der Waals surface area contributed by atoms with E-state index < -0.39 is 0 Å². The summed E-state index contributed by atoms with van der Waals surface area (Å²) in [5.41, 5.74) is 1.32. The van der Waals surface area contributed by atoms with Crippen molar-refractivity contribution in [3.8, 4) is 0 Å². The van der Waals surface area contributed by atoms with E-state index in [1.807, 2.05) is 6.20 Å². The highest BCUT2D eigenvalue weighted by Gasteiger charge is 2.09. The summed E-state index contributed by atoms with van der Waals surface area (Å²) in [4.78, 5) is 0. The van der Waals surface area contributed by atoms with Gasteiger partial charge in [0, 0.05) is 24.3 Å². The van der Waals surface area contributed by atoms with Gasteiger partial charge in [0.25, 0.3) is 0 Å². The van der Waals surface area contributed by atoms with Crippen LogP contribution in [0.15, 0.2) is 12.4 Å². The van der Waals surface area contributed by atoms with Gasteiger partial charge in [-0.05, 0) is 19.4 Å². The molecule has 1 aromatic rings. The maximum Gasteiger partial charge on any atom is 0.0537 e. The zero-order valence-corrected chi connectivity index (χ0v) is 10.9. The predicted molar refractivity (Wildman–Crippen MR) is 68.5 cm³/mol. The van der Waals surface area contributed by atoms with E-state index in [0.717, 1.165) is 19.5 Å². The van der Waals surface area contributed by atoms with Crippen molar-refractivity contribution < 1.29 is 0 Å². The molecule has 1 N–H and O–H groups in total. The number of rotatable bonds is 8. The lowest BCUT2D eigenvalue weighted by atomic mass is 10.1. The van der Waals surface area contributed by atoms with Crippen molar-refractivity contribution >= 4 is 0 Å². The third-order valence-electron chi connectivity index (χ3n) is 2.91. The molecule has 3 heteroatoms. The maximum atomic E-state index is 4.42. The molecule has 0 saturated heterocycles. The summed E-state index contributed by atoms with van der Waals surface area (Å²) >= 11 is 0. The first-order chi connectivity index (χ1) is 7.81. The highest BCUT2D eigenvalue weighted by atomic mass is 15.3. The molecular formula is C13H25N3. The highest BCUT2D eigenvalue weighted by Crippen LogP contribution is 2.15. The van der Waals surface area contributed by atoms with Gasteiger partial charge in [0.05, 0.1) is 6.20 Å². The standard InChI is InChI=1S/C13H25N3/c1-4-7-8-9-16-11-12(10-15-16)13(5-2)14-6-3/h10-11,13-14H,4-9H2,1-3H3. The molecular weight excluding hydrogens is 198 g/mol. The summed E-state index contributed by atoms with van der Waals surface area (Å²) in [7, 11) is 0. The second kappa shape index (κ2) is 7.44. The number of unbranched alkanes of at least 4 members (excludes halogenated alkanes) is 2. The first-order valence-electron chi connectivity index (χ1n) is 6.57. The average molecular weight is 223 g/mol. The largest absolute Gasteiger partial charge is 0.310 e. The van der Waals surface area contributed by atoms with Crippen LogP contribution < -0.4 is 5.32 Å². The molecule has 0 aliphatic carbocycles. The first-order valence-corrected chi connectivity index (χ1v) is 6.57. The van der Waals surface area contributed by atoms with Crippen LogP contribution in [0.5, 0.6) is 0 Å². The summed E-state index contributed by atoms with van der Waals surface area (Å²) in [6, 6.07) is 0.463. The lowest BCUT2D eigenvalue weighted by molar-refractivity contribution is 0.531. The van der Waals surface area contributed by atoms with Crippen molar-refractivity contribution in [3.63, 3.8) is 0 Å². The maximum absolute atomic E-state index is 4.42. The fourth-order valence-corrected chi connectivity index (χ4v) is 1.95. The van der Waals surface area contributed by atoms with Gasteiger partial charge in [-0.2, -0.15) is 5.10 Å². The second-order valence-corrected chi connectivity index (χ2v) is 4.26. The van der Waals surface area contributed by atoms with Crippen molar-refractivity contribution in [3.05, 3.63) is 18.0 Å². The van der Waals surface area contributed by atoms with Crippen molar-refractivity contribution in [2.24, 2.45) is 0 Å². The Morgan fingerprint density at radius 3 is 2.75 bits per heavy atom. The molecule has 3 nitrogen and oxygen atoms in total. The Labute approximate surface area is 99.2 Å². The van der Waals surface area contributed by atoms with Crippen LogP contribution in [0.1, 0.15) is 58.1 Å². The van der Waals surface area contributed by atoms with Gasteiger partial charge in [-0.1, -0.05) is 33.6 Å². The molecule has 0 aliphatic heterocycles. The number of hydrogen-bond acceptors (Lipinski definition) is 2. The van der Waals surface area contributed by atoms with E-state index in [1.165, 1.54) is 24.8 Å². The molecule has 0 aromatic carbocycles. The normalized spacial score (nSPS) is 12.9. The smallest absolute Gasteiger partial charge is 0.0537 e. The molecule has 0 fully saturated rings. The lowest BCUT2D eigenvalue weighted by Crippen LogP contribution is -2.19. The van der Waals surface area contributed by atoms with Crippen molar-refractivity contribution in [2.75, 3.05) is 6.54 Å². The molecule has 1 aromatic heterocycles. The average Bonchev–Trinajstić information content (AvgIpc) is 2.75. The quantitative estimate of drug-likeness (QED) is 0.686. The van der Waals surface area contributed by atoms with Crippen molar-refractivity contribution in [1.29, 1.82) is 0 Å². The van der Waals surface area contributed by atoms with Gasteiger partial charge in [0.2, 0.25) is 0 Å². The number of aryl methyl sites for hydroxylation is 1. The lowest BCUT2D eigenvalue weighted by Gasteiger charge is -2.13. The monoisotopic (exact) mass is 223 g/mol. The fraction of sp³-hybridized carbons (Fsp3) is 0.769. The molecule has 1 atom stereocenters. The first kappa shape index (κ1) is 13.2. The third-order valence-corrected chi connectivity index (χ3v) is 2.91. The van der Waals surface area contributed by atoms with E-state index in [-0.39, 0.29) is 0 Å². The van der Waals surface area contributed by atoms with E-state index in [0.29, 0.717) is 6.04 Å². The van der Waals surface area contributed by atoms with E-state index >= 15 is 0 Å². The van der Waals surface area contributed by atoms with Crippen LogP contribution in [0.2, 0.25) is 0 Å². The molecule has 0 radical (unpaired) electrons. The Balaban J connectivity index is 2.48. The molecule has 0 saturated carbocycles. The topological polar surface area (TPSA) is 29.9 Å². The van der Waals surface area contributed by atoms with Gasteiger partial charge < -0.3 is 5.32 Å². The van der Waals surface area contributed by atoms with Gasteiger partial charge in [0.15, 0.2) is 0 Å². The Kier molecular flexibility index (Phi) is 6.16. The molecule has 0 amide bonds. The van der Waals surface area contributed by atoms with Gasteiger partial charge in [-0.3, -0.25) is 4.68 Å². The molecule has 0 bridgehead atoms. The minimum Gasteiger partial charge on any atom is -0.310 e. The van der Waals surface area contributed by atoms with E-state index in [4.69, 9.17) is 0 Å². The highest BCUT2D eigenvalue weighted by molar-refractivity contribution is 5.10. The Morgan fingerprint density at radius 2 is 2.12 bits per heavy atom. The number of hydrogen-bond donors (Lipinski definition) is 1. The van der Waals surface area contributed by atoms with Crippen LogP contribution in [-0.2, 0) is 6.54 Å². The molecule has 92 valence electrons. The van der Waals surface area contributed by atoms with Crippen molar-refractivity contribution in [1.82, 2.24) is 15.1 Å². The van der Waals surface area contributed by atoms with Crippen molar-refractivity contribution in [2.45, 2.75) is 59.0 Å². The van der Waals surface area contributed by atoms with Gasteiger partial charge in [-0.25, -0.2) is 0 Å². The Morgan fingerprint density at radius 1 is 1.31 bits per heavy atom. The van der Waals surface area contributed by atoms with Gasteiger partial charge in [0.1, 0.15) is 0 Å². The predicted octanol–water partition coefficient (Wildman–Crippen LogP) is 3.13. The van der Waals surface area contributed by atoms with E-state index in [2.05, 4.69) is 42.1 Å². The summed E-state index contributed by atoms with van der Waals surface area (Å²) in [6.07, 6.45) is 9.10. The van der Waals surface area contributed by atoms with Crippen LogP contribution in [0, 0.1) is 0 Å². The summed E-state index contributed by atoms with van der Waals surface area (Å²) in [5, 5.41) is 7.89. The molecule has 1 rings (SSSR count). The van der Waals surface area contributed by atoms with Crippen LogP contribution in [-0.4, -0.2) is 16.3 Å². The minimum absolute atomic E-state index is 0.463.